The van der Waals surface area contributed by atoms with E-state index in [1.807, 2.05) is 29.2 Å². The van der Waals surface area contributed by atoms with Gasteiger partial charge in [-0.15, -0.1) is 12.6 Å². The number of aromatic amines is 1. The number of fused-ring (bicyclic) bond motifs is 1. The average Bonchev–Trinajstić information content (AvgIpc) is 3.13. The second-order valence-corrected chi connectivity index (χ2v) is 7.14. The Hall–Kier alpha value is -2.09. The van der Waals surface area contributed by atoms with Gasteiger partial charge < -0.3 is 25.0 Å². The first-order valence-electron chi connectivity index (χ1n) is 8.65. The van der Waals surface area contributed by atoms with Crippen LogP contribution in [0.2, 0.25) is 5.02 Å². The summed E-state index contributed by atoms with van der Waals surface area (Å²) in [6.45, 7) is 5.13. The van der Waals surface area contributed by atoms with Crippen molar-refractivity contribution in [3.8, 4) is 0 Å². The van der Waals surface area contributed by atoms with E-state index in [4.69, 9.17) is 21.4 Å². The molecule has 6 nitrogen and oxygen atoms in total. The van der Waals surface area contributed by atoms with Crippen molar-refractivity contribution in [3.63, 3.8) is 0 Å². The first-order chi connectivity index (χ1) is 13.0. The van der Waals surface area contributed by atoms with E-state index in [0.717, 1.165) is 23.2 Å². The molecule has 2 heterocycles. The highest BCUT2D eigenvalue weighted by atomic mass is 35.5. The zero-order chi connectivity index (χ0) is 19.4. The number of hydrogen-bond donors (Lipinski definition) is 4. The standard InChI is InChI=1S/C19H22ClN3O3S/c1-12(26-9-3-2-8-24)15-10-14(20)5-4-13(15)11-23-16-6-7-21-17(16)18(25)22-19(23)27/h4-7,10,19,21,24,27H,1-3,8-9,11H2,(H,22,25). The molecule has 0 bridgehead atoms. The Kier molecular flexibility index (Phi) is 6.36. The zero-order valence-corrected chi connectivity index (χ0v) is 16.4. The van der Waals surface area contributed by atoms with E-state index in [0.29, 0.717) is 36.0 Å². The number of amides is 1. The Balaban J connectivity index is 1.82. The van der Waals surface area contributed by atoms with Gasteiger partial charge in [-0.25, -0.2) is 0 Å². The summed E-state index contributed by atoms with van der Waals surface area (Å²) in [5.41, 5.74) is 2.60. The largest absolute Gasteiger partial charge is 0.494 e. The molecule has 3 N–H and O–H groups in total. The van der Waals surface area contributed by atoms with Crippen LogP contribution in [0.4, 0.5) is 5.69 Å². The predicted octanol–water partition coefficient (Wildman–Crippen LogP) is 3.39. The number of unbranched alkanes of at least 4 members (excludes halogenated alkanes) is 1. The van der Waals surface area contributed by atoms with Crippen molar-refractivity contribution in [3.05, 3.63) is 58.9 Å². The van der Waals surface area contributed by atoms with Crippen LogP contribution < -0.4 is 10.2 Å². The molecule has 2 aromatic rings. The molecule has 27 heavy (non-hydrogen) atoms. The smallest absolute Gasteiger partial charge is 0.272 e. The molecule has 1 aliphatic rings. The maximum absolute atomic E-state index is 12.1. The third-order valence-corrected chi connectivity index (χ3v) is 5.00. The van der Waals surface area contributed by atoms with Crippen molar-refractivity contribution in [2.75, 3.05) is 18.1 Å². The number of carbonyl (C=O) groups excluding carboxylic acids is 1. The van der Waals surface area contributed by atoms with Gasteiger partial charge in [0, 0.05) is 29.9 Å². The van der Waals surface area contributed by atoms with E-state index in [2.05, 4.69) is 29.5 Å². The van der Waals surface area contributed by atoms with Gasteiger partial charge in [0.15, 0.2) is 0 Å². The number of aliphatic hydroxyl groups is 1. The topological polar surface area (TPSA) is 77.6 Å². The van der Waals surface area contributed by atoms with Crippen molar-refractivity contribution < 1.29 is 14.6 Å². The maximum atomic E-state index is 12.1. The first kappa shape index (κ1) is 19.7. The van der Waals surface area contributed by atoms with Gasteiger partial charge in [0.25, 0.3) is 5.91 Å². The fraction of sp³-hybridized carbons (Fsp3) is 0.316. The summed E-state index contributed by atoms with van der Waals surface area (Å²) in [6.07, 6.45) is 3.16. The molecule has 1 atom stereocenters. The minimum absolute atomic E-state index is 0.140. The molecule has 1 aromatic carbocycles. The van der Waals surface area contributed by atoms with Gasteiger partial charge in [-0.2, -0.15) is 0 Å². The van der Waals surface area contributed by atoms with Gasteiger partial charge in [0.2, 0.25) is 0 Å². The number of nitrogens with one attached hydrogen (secondary N) is 2. The Labute approximate surface area is 168 Å². The fourth-order valence-electron chi connectivity index (χ4n) is 2.97. The molecule has 8 heteroatoms. The van der Waals surface area contributed by atoms with Crippen LogP contribution in [0.5, 0.6) is 0 Å². The lowest BCUT2D eigenvalue weighted by Crippen LogP contribution is -2.49. The minimum atomic E-state index is -0.455. The predicted molar refractivity (Wildman–Crippen MR) is 110 cm³/mol. The van der Waals surface area contributed by atoms with Crippen molar-refractivity contribution >= 4 is 41.6 Å². The lowest BCUT2D eigenvalue weighted by molar-refractivity contribution is 0.0938. The Morgan fingerprint density at radius 2 is 2.19 bits per heavy atom. The van der Waals surface area contributed by atoms with E-state index in [1.54, 1.807) is 6.20 Å². The number of carbonyl (C=O) groups is 1. The van der Waals surface area contributed by atoms with E-state index in [-0.39, 0.29) is 12.5 Å². The summed E-state index contributed by atoms with van der Waals surface area (Å²) < 4.78 is 5.74. The van der Waals surface area contributed by atoms with Gasteiger partial charge in [0.05, 0.1) is 12.3 Å². The number of nitrogens with zero attached hydrogens (tertiary/aromatic N) is 1. The molecule has 0 spiro atoms. The molecule has 1 aliphatic heterocycles. The van der Waals surface area contributed by atoms with Crippen LogP contribution in [-0.2, 0) is 11.3 Å². The third-order valence-electron chi connectivity index (χ3n) is 4.36. The van der Waals surface area contributed by atoms with Crippen molar-refractivity contribution in [1.82, 2.24) is 10.3 Å². The summed E-state index contributed by atoms with van der Waals surface area (Å²) in [7, 11) is 0. The summed E-state index contributed by atoms with van der Waals surface area (Å²) in [6, 6.07) is 7.41. The molecule has 1 unspecified atom stereocenters. The Bertz CT molecular complexity index is 839. The van der Waals surface area contributed by atoms with E-state index in [9.17, 15) is 4.79 Å². The molecular weight excluding hydrogens is 386 g/mol. The van der Waals surface area contributed by atoms with Crippen LogP contribution in [0, 0.1) is 0 Å². The van der Waals surface area contributed by atoms with Crippen LogP contribution in [0.1, 0.15) is 34.5 Å². The molecule has 0 radical (unpaired) electrons. The van der Waals surface area contributed by atoms with Gasteiger partial charge in [-0.1, -0.05) is 24.2 Å². The highest BCUT2D eigenvalue weighted by molar-refractivity contribution is 7.81. The van der Waals surface area contributed by atoms with Crippen LogP contribution >= 0.6 is 24.2 Å². The van der Waals surface area contributed by atoms with Crippen LogP contribution in [0.25, 0.3) is 5.76 Å². The summed E-state index contributed by atoms with van der Waals surface area (Å²) in [5.74, 6) is 0.343. The number of rotatable bonds is 8. The highest BCUT2D eigenvalue weighted by Crippen LogP contribution is 2.31. The zero-order valence-electron chi connectivity index (χ0n) is 14.7. The fourth-order valence-corrected chi connectivity index (χ4v) is 3.47. The van der Waals surface area contributed by atoms with E-state index in [1.165, 1.54) is 0 Å². The number of hydrogen-bond acceptors (Lipinski definition) is 5. The highest BCUT2D eigenvalue weighted by Gasteiger charge is 2.30. The van der Waals surface area contributed by atoms with Crippen molar-refractivity contribution in [2.45, 2.75) is 24.9 Å². The monoisotopic (exact) mass is 407 g/mol. The number of benzene rings is 1. The van der Waals surface area contributed by atoms with Gasteiger partial charge >= 0.3 is 0 Å². The molecular formula is C19H22ClN3O3S. The molecule has 144 valence electrons. The number of H-pyrrole nitrogens is 1. The molecule has 1 amide bonds. The molecule has 0 aliphatic carbocycles. The van der Waals surface area contributed by atoms with E-state index >= 15 is 0 Å². The quantitative estimate of drug-likeness (QED) is 0.307. The SMILES string of the molecule is C=C(OCCCCO)c1cc(Cl)ccc1CN1c2cc[nH]c2C(=O)NC1S. The average molecular weight is 408 g/mol. The summed E-state index contributed by atoms with van der Waals surface area (Å²) in [4.78, 5) is 17.0. The molecule has 0 saturated carbocycles. The number of aliphatic hydroxyl groups excluding tert-OH is 1. The van der Waals surface area contributed by atoms with Gasteiger partial charge in [0.1, 0.15) is 17.0 Å². The second kappa shape index (κ2) is 8.73. The van der Waals surface area contributed by atoms with Gasteiger partial charge in [-0.05, 0) is 36.6 Å². The number of thiol groups is 1. The second-order valence-electron chi connectivity index (χ2n) is 6.22. The normalized spacial score (nSPS) is 16.0. The molecule has 1 aromatic heterocycles. The van der Waals surface area contributed by atoms with Crippen LogP contribution in [-0.4, -0.2) is 34.7 Å². The first-order valence-corrected chi connectivity index (χ1v) is 9.55. The van der Waals surface area contributed by atoms with Gasteiger partial charge in [-0.3, -0.25) is 4.79 Å². The van der Waals surface area contributed by atoms with Crippen LogP contribution in [0.15, 0.2) is 37.0 Å². The van der Waals surface area contributed by atoms with Crippen molar-refractivity contribution in [2.24, 2.45) is 0 Å². The van der Waals surface area contributed by atoms with Crippen LogP contribution in [0.3, 0.4) is 0 Å². The summed E-state index contributed by atoms with van der Waals surface area (Å²) >= 11 is 10.7. The third kappa shape index (κ3) is 4.43. The number of anilines is 1. The maximum Gasteiger partial charge on any atom is 0.272 e. The Morgan fingerprint density at radius 1 is 1.37 bits per heavy atom. The number of halogens is 1. The Morgan fingerprint density at radius 3 is 2.96 bits per heavy atom. The summed E-state index contributed by atoms with van der Waals surface area (Å²) in [5, 5.41) is 12.3. The molecule has 0 saturated heterocycles. The van der Waals surface area contributed by atoms with Crippen molar-refractivity contribution in [1.29, 1.82) is 0 Å². The molecule has 0 fully saturated rings. The molecule has 3 rings (SSSR count). The number of ether oxygens (including phenoxy) is 1. The lowest BCUT2D eigenvalue weighted by Gasteiger charge is -2.35. The number of aromatic nitrogens is 1. The minimum Gasteiger partial charge on any atom is -0.494 e. The van der Waals surface area contributed by atoms with E-state index < -0.39 is 5.50 Å². The lowest BCUT2D eigenvalue weighted by atomic mass is 10.0.